The van der Waals surface area contributed by atoms with Crippen LogP contribution >= 0.6 is 0 Å². The number of rotatable bonds is 3. The van der Waals surface area contributed by atoms with Crippen molar-refractivity contribution in [3.63, 3.8) is 0 Å². The number of hydrogen-bond donors (Lipinski definition) is 1. The lowest BCUT2D eigenvalue weighted by Gasteiger charge is -2.19. The zero-order valence-corrected chi connectivity index (χ0v) is 9.55. The Labute approximate surface area is 97.1 Å². The SMILES string of the molecule is CC(C)CC(O)c1cc(F)ccc1C(F)(F)F. The van der Waals surface area contributed by atoms with Crippen LogP contribution in [0.25, 0.3) is 0 Å². The Morgan fingerprint density at radius 1 is 1.24 bits per heavy atom. The van der Waals surface area contributed by atoms with E-state index < -0.39 is 29.2 Å². The molecule has 17 heavy (non-hydrogen) atoms. The van der Waals surface area contributed by atoms with Gasteiger partial charge >= 0.3 is 6.18 Å². The Hall–Kier alpha value is -1.10. The molecule has 0 spiro atoms. The molecule has 1 atom stereocenters. The summed E-state index contributed by atoms with van der Waals surface area (Å²) in [7, 11) is 0. The summed E-state index contributed by atoms with van der Waals surface area (Å²) in [6.07, 6.45) is -5.73. The van der Waals surface area contributed by atoms with Crippen LogP contribution in [0.1, 0.15) is 37.5 Å². The molecule has 0 saturated heterocycles. The van der Waals surface area contributed by atoms with E-state index in [2.05, 4.69) is 0 Å². The molecular weight excluding hydrogens is 236 g/mol. The molecule has 1 unspecified atom stereocenters. The largest absolute Gasteiger partial charge is 0.416 e. The Morgan fingerprint density at radius 3 is 2.29 bits per heavy atom. The molecule has 1 rings (SSSR count). The summed E-state index contributed by atoms with van der Waals surface area (Å²) in [4.78, 5) is 0. The Morgan fingerprint density at radius 2 is 1.82 bits per heavy atom. The van der Waals surface area contributed by atoms with Crippen LogP contribution in [0, 0.1) is 11.7 Å². The van der Waals surface area contributed by atoms with Gasteiger partial charge in [-0.05, 0) is 36.1 Å². The predicted octanol–water partition coefficient (Wildman–Crippen LogP) is 3.92. The molecule has 1 aromatic carbocycles. The lowest BCUT2D eigenvalue weighted by Crippen LogP contribution is -2.13. The highest BCUT2D eigenvalue weighted by Gasteiger charge is 2.35. The fraction of sp³-hybridized carbons (Fsp3) is 0.500. The van der Waals surface area contributed by atoms with Crippen LogP contribution in [0.3, 0.4) is 0 Å². The van der Waals surface area contributed by atoms with E-state index in [1.807, 2.05) is 0 Å². The lowest BCUT2D eigenvalue weighted by atomic mass is 9.95. The second kappa shape index (κ2) is 5.04. The highest BCUT2D eigenvalue weighted by atomic mass is 19.4. The second-order valence-electron chi connectivity index (χ2n) is 4.37. The van der Waals surface area contributed by atoms with Crippen LogP contribution in [-0.4, -0.2) is 5.11 Å². The van der Waals surface area contributed by atoms with E-state index in [1.54, 1.807) is 13.8 Å². The average Bonchev–Trinajstić information content (AvgIpc) is 2.14. The van der Waals surface area contributed by atoms with Crippen molar-refractivity contribution >= 4 is 0 Å². The van der Waals surface area contributed by atoms with Crippen molar-refractivity contribution in [2.75, 3.05) is 0 Å². The Bertz CT molecular complexity index is 385. The van der Waals surface area contributed by atoms with E-state index in [1.165, 1.54) is 0 Å². The normalized spacial score (nSPS) is 14.1. The molecule has 0 aliphatic carbocycles. The molecule has 96 valence electrons. The highest BCUT2D eigenvalue weighted by molar-refractivity contribution is 5.32. The predicted molar refractivity (Wildman–Crippen MR) is 55.8 cm³/mol. The quantitative estimate of drug-likeness (QED) is 0.806. The van der Waals surface area contributed by atoms with E-state index in [0.29, 0.717) is 6.07 Å². The molecule has 0 amide bonds. The van der Waals surface area contributed by atoms with Crippen LogP contribution in [-0.2, 0) is 6.18 Å². The monoisotopic (exact) mass is 250 g/mol. The van der Waals surface area contributed by atoms with Gasteiger partial charge in [0.25, 0.3) is 0 Å². The topological polar surface area (TPSA) is 20.2 Å². The van der Waals surface area contributed by atoms with Crippen LogP contribution in [0.2, 0.25) is 0 Å². The minimum absolute atomic E-state index is 0.0225. The molecule has 0 bridgehead atoms. The molecule has 1 N–H and O–H groups in total. The first kappa shape index (κ1) is 14.0. The zero-order chi connectivity index (χ0) is 13.2. The first-order valence-electron chi connectivity index (χ1n) is 5.26. The van der Waals surface area contributed by atoms with Gasteiger partial charge in [-0.1, -0.05) is 13.8 Å². The van der Waals surface area contributed by atoms with E-state index in [-0.39, 0.29) is 12.3 Å². The summed E-state index contributed by atoms with van der Waals surface area (Å²) < 4.78 is 50.9. The summed E-state index contributed by atoms with van der Waals surface area (Å²) >= 11 is 0. The van der Waals surface area contributed by atoms with Crippen LogP contribution in [0.4, 0.5) is 17.6 Å². The van der Waals surface area contributed by atoms with Crippen molar-refractivity contribution in [1.29, 1.82) is 0 Å². The van der Waals surface area contributed by atoms with Crippen molar-refractivity contribution in [2.24, 2.45) is 5.92 Å². The molecule has 0 aliphatic rings. The molecule has 5 heteroatoms. The van der Waals surface area contributed by atoms with Crippen molar-refractivity contribution in [3.05, 3.63) is 35.1 Å². The number of aliphatic hydroxyl groups is 1. The first-order valence-corrected chi connectivity index (χ1v) is 5.26. The minimum atomic E-state index is -4.58. The third kappa shape index (κ3) is 3.70. The molecular formula is C12H14F4O. The summed E-state index contributed by atoms with van der Waals surface area (Å²) in [6, 6.07) is 2.15. The summed E-state index contributed by atoms with van der Waals surface area (Å²) in [5.41, 5.74) is -1.38. The molecule has 0 heterocycles. The van der Waals surface area contributed by atoms with Crippen LogP contribution in [0.15, 0.2) is 18.2 Å². The number of alkyl halides is 3. The molecule has 0 radical (unpaired) electrons. The van der Waals surface area contributed by atoms with Gasteiger partial charge in [-0.15, -0.1) is 0 Å². The van der Waals surface area contributed by atoms with E-state index >= 15 is 0 Å². The van der Waals surface area contributed by atoms with Crippen molar-refractivity contribution < 1.29 is 22.7 Å². The number of halogens is 4. The van der Waals surface area contributed by atoms with Gasteiger partial charge in [-0.3, -0.25) is 0 Å². The third-order valence-corrected chi connectivity index (χ3v) is 2.37. The Kier molecular flexibility index (Phi) is 4.14. The minimum Gasteiger partial charge on any atom is -0.388 e. The van der Waals surface area contributed by atoms with Gasteiger partial charge in [0.2, 0.25) is 0 Å². The smallest absolute Gasteiger partial charge is 0.388 e. The fourth-order valence-corrected chi connectivity index (χ4v) is 1.64. The van der Waals surface area contributed by atoms with Crippen molar-refractivity contribution in [2.45, 2.75) is 32.5 Å². The van der Waals surface area contributed by atoms with Crippen molar-refractivity contribution in [1.82, 2.24) is 0 Å². The van der Waals surface area contributed by atoms with Gasteiger partial charge in [0.05, 0.1) is 11.7 Å². The summed E-state index contributed by atoms with van der Waals surface area (Å²) in [5.74, 6) is -0.759. The molecule has 1 nitrogen and oxygen atoms in total. The standard InChI is InChI=1S/C12H14F4O/c1-7(2)5-11(17)9-6-8(13)3-4-10(9)12(14,15)16/h3-4,6-7,11,17H,5H2,1-2H3. The molecule has 0 aliphatic heterocycles. The first-order chi connectivity index (χ1) is 7.71. The summed E-state index contributed by atoms with van der Waals surface area (Å²) in [6.45, 7) is 3.55. The van der Waals surface area contributed by atoms with Crippen LogP contribution in [0.5, 0.6) is 0 Å². The maximum Gasteiger partial charge on any atom is 0.416 e. The van der Waals surface area contributed by atoms with Crippen molar-refractivity contribution in [3.8, 4) is 0 Å². The van der Waals surface area contributed by atoms with Gasteiger partial charge in [-0.2, -0.15) is 13.2 Å². The van der Waals surface area contributed by atoms with E-state index in [4.69, 9.17) is 0 Å². The fourth-order valence-electron chi connectivity index (χ4n) is 1.64. The van der Waals surface area contributed by atoms with Gasteiger partial charge in [0.1, 0.15) is 5.82 Å². The third-order valence-electron chi connectivity index (χ3n) is 2.37. The zero-order valence-electron chi connectivity index (χ0n) is 9.55. The van der Waals surface area contributed by atoms with E-state index in [9.17, 15) is 22.7 Å². The maximum absolute atomic E-state index is 13.0. The van der Waals surface area contributed by atoms with Gasteiger partial charge in [0.15, 0.2) is 0 Å². The molecule has 1 aromatic rings. The van der Waals surface area contributed by atoms with Gasteiger partial charge in [0, 0.05) is 0 Å². The second-order valence-corrected chi connectivity index (χ2v) is 4.37. The van der Waals surface area contributed by atoms with Crippen LogP contribution < -0.4 is 0 Å². The maximum atomic E-state index is 13.0. The van der Waals surface area contributed by atoms with E-state index in [0.717, 1.165) is 12.1 Å². The van der Waals surface area contributed by atoms with Gasteiger partial charge in [-0.25, -0.2) is 4.39 Å². The number of aliphatic hydroxyl groups excluding tert-OH is 1. The van der Waals surface area contributed by atoms with Gasteiger partial charge < -0.3 is 5.11 Å². The average molecular weight is 250 g/mol. The molecule has 0 saturated carbocycles. The number of hydrogen-bond acceptors (Lipinski definition) is 1. The molecule has 0 aromatic heterocycles. The summed E-state index contributed by atoms with van der Waals surface area (Å²) in [5, 5.41) is 9.69. The lowest BCUT2D eigenvalue weighted by molar-refractivity contribution is -0.139. The number of benzene rings is 1. The Balaban J connectivity index is 3.15. The highest BCUT2D eigenvalue weighted by Crippen LogP contribution is 2.36. The molecule has 0 fully saturated rings.